The van der Waals surface area contributed by atoms with Gasteiger partial charge in [-0.05, 0) is 37.5 Å². The molecule has 0 radical (unpaired) electrons. The van der Waals surface area contributed by atoms with Crippen LogP contribution in [0.4, 0.5) is 0 Å². The van der Waals surface area contributed by atoms with Gasteiger partial charge in [0.1, 0.15) is 13.2 Å². The molecular weight excluding hydrogens is 218 g/mol. The van der Waals surface area contributed by atoms with Crippen molar-refractivity contribution in [3.05, 3.63) is 23.8 Å². The summed E-state index contributed by atoms with van der Waals surface area (Å²) in [6.07, 6.45) is 2.59. The van der Waals surface area contributed by atoms with E-state index < -0.39 is 5.54 Å². The van der Waals surface area contributed by atoms with Crippen LogP contribution >= 0.6 is 0 Å². The number of fused-ring (bicyclic) bond motifs is 1. The van der Waals surface area contributed by atoms with E-state index in [1.807, 2.05) is 0 Å². The van der Waals surface area contributed by atoms with Gasteiger partial charge in [0.2, 0.25) is 0 Å². The molecule has 90 valence electrons. The normalized spacial score (nSPS) is 20.5. The first-order valence-corrected chi connectivity index (χ1v) is 5.92. The number of benzene rings is 1. The van der Waals surface area contributed by atoms with Crippen molar-refractivity contribution in [2.75, 3.05) is 13.2 Å². The number of carbonyl (C=O) groups is 1. The van der Waals surface area contributed by atoms with E-state index in [1.165, 1.54) is 0 Å². The fraction of sp³-hybridized carbons (Fsp3) is 0.462. The number of Topliss-reactive ketones (excluding diaryl/α,β-unsaturated/α-hetero) is 1. The first-order valence-electron chi connectivity index (χ1n) is 5.92. The number of hydrogen-bond donors (Lipinski definition) is 1. The monoisotopic (exact) mass is 233 g/mol. The third kappa shape index (κ3) is 1.69. The van der Waals surface area contributed by atoms with E-state index in [-0.39, 0.29) is 5.78 Å². The van der Waals surface area contributed by atoms with Gasteiger partial charge in [-0.2, -0.15) is 0 Å². The highest BCUT2D eigenvalue weighted by Crippen LogP contribution is 2.36. The maximum Gasteiger partial charge on any atom is 0.182 e. The molecule has 0 amide bonds. The molecule has 3 rings (SSSR count). The Kier molecular flexibility index (Phi) is 2.33. The Bertz CT molecular complexity index is 466. The largest absolute Gasteiger partial charge is 0.486 e. The summed E-state index contributed by atoms with van der Waals surface area (Å²) in [6, 6.07) is 5.29. The molecule has 0 atom stereocenters. The molecule has 1 fully saturated rings. The Morgan fingerprint density at radius 2 is 1.88 bits per heavy atom. The summed E-state index contributed by atoms with van der Waals surface area (Å²) in [4.78, 5) is 12.2. The molecule has 0 spiro atoms. The van der Waals surface area contributed by atoms with Gasteiger partial charge in [-0.1, -0.05) is 0 Å². The Hall–Kier alpha value is -1.55. The molecule has 1 heterocycles. The van der Waals surface area contributed by atoms with Crippen LogP contribution in [0.1, 0.15) is 29.6 Å². The number of hydrogen-bond acceptors (Lipinski definition) is 4. The molecule has 0 aromatic heterocycles. The lowest BCUT2D eigenvalue weighted by atomic mass is 9.73. The van der Waals surface area contributed by atoms with Crippen LogP contribution in [0.15, 0.2) is 18.2 Å². The Labute approximate surface area is 99.7 Å². The molecule has 1 aromatic rings. The number of ether oxygens (including phenoxy) is 2. The third-order valence-corrected chi connectivity index (χ3v) is 3.50. The second-order valence-electron chi connectivity index (χ2n) is 4.70. The number of carbonyl (C=O) groups excluding carboxylic acids is 1. The van der Waals surface area contributed by atoms with E-state index in [1.54, 1.807) is 18.2 Å². The standard InChI is InChI=1S/C13H15NO3/c14-13(4-1-5-13)12(15)9-2-3-10-11(8-9)17-7-6-16-10/h2-3,8H,1,4-7,14H2. The van der Waals surface area contributed by atoms with Gasteiger partial charge >= 0.3 is 0 Å². The van der Waals surface area contributed by atoms with Crippen molar-refractivity contribution >= 4 is 5.78 Å². The van der Waals surface area contributed by atoms with Gasteiger partial charge in [0.15, 0.2) is 17.3 Å². The van der Waals surface area contributed by atoms with E-state index in [9.17, 15) is 4.79 Å². The van der Waals surface area contributed by atoms with Gasteiger partial charge in [0.25, 0.3) is 0 Å². The maximum atomic E-state index is 12.2. The average Bonchev–Trinajstić information content (AvgIpc) is 2.34. The quantitative estimate of drug-likeness (QED) is 0.787. The third-order valence-electron chi connectivity index (χ3n) is 3.50. The molecular formula is C13H15NO3. The van der Waals surface area contributed by atoms with Crippen molar-refractivity contribution < 1.29 is 14.3 Å². The molecule has 0 unspecified atom stereocenters. The second-order valence-corrected chi connectivity index (χ2v) is 4.70. The summed E-state index contributed by atoms with van der Waals surface area (Å²) in [5.41, 5.74) is 6.01. The van der Waals surface area contributed by atoms with Gasteiger partial charge in [0, 0.05) is 5.56 Å². The lowest BCUT2D eigenvalue weighted by Crippen LogP contribution is -2.53. The Morgan fingerprint density at radius 1 is 1.18 bits per heavy atom. The van der Waals surface area contributed by atoms with Crippen LogP contribution in [0, 0.1) is 0 Å². The minimum atomic E-state index is -0.649. The number of rotatable bonds is 2. The average molecular weight is 233 g/mol. The zero-order chi connectivity index (χ0) is 11.9. The predicted octanol–water partition coefficient (Wildman–Crippen LogP) is 1.52. The van der Waals surface area contributed by atoms with Crippen LogP contribution in [0.25, 0.3) is 0 Å². The highest BCUT2D eigenvalue weighted by molar-refractivity contribution is 6.04. The molecule has 4 heteroatoms. The minimum absolute atomic E-state index is 0.0146. The zero-order valence-electron chi connectivity index (χ0n) is 9.57. The minimum Gasteiger partial charge on any atom is -0.486 e. The van der Waals surface area contributed by atoms with Crippen molar-refractivity contribution in [2.24, 2.45) is 5.73 Å². The molecule has 2 aliphatic rings. The molecule has 17 heavy (non-hydrogen) atoms. The molecule has 1 aromatic carbocycles. The van der Waals surface area contributed by atoms with Crippen molar-refractivity contribution in [3.8, 4) is 11.5 Å². The zero-order valence-corrected chi connectivity index (χ0v) is 9.57. The van der Waals surface area contributed by atoms with Crippen molar-refractivity contribution in [3.63, 3.8) is 0 Å². The summed E-state index contributed by atoms with van der Waals surface area (Å²) in [6.45, 7) is 1.08. The molecule has 0 saturated heterocycles. The first kappa shape index (κ1) is 10.6. The van der Waals surface area contributed by atoms with Crippen LogP contribution in [0.5, 0.6) is 11.5 Å². The van der Waals surface area contributed by atoms with Gasteiger partial charge in [-0.25, -0.2) is 0 Å². The van der Waals surface area contributed by atoms with Gasteiger partial charge < -0.3 is 15.2 Å². The summed E-state index contributed by atoms with van der Waals surface area (Å²) in [5, 5.41) is 0. The van der Waals surface area contributed by atoms with Gasteiger partial charge in [-0.3, -0.25) is 4.79 Å². The topological polar surface area (TPSA) is 61.6 Å². The van der Waals surface area contributed by atoms with Crippen molar-refractivity contribution in [2.45, 2.75) is 24.8 Å². The fourth-order valence-electron chi connectivity index (χ4n) is 2.26. The lowest BCUT2D eigenvalue weighted by molar-refractivity contribution is 0.0799. The lowest BCUT2D eigenvalue weighted by Gasteiger charge is -2.36. The van der Waals surface area contributed by atoms with Crippen LogP contribution in [0.2, 0.25) is 0 Å². The van der Waals surface area contributed by atoms with Crippen LogP contribution < -0.4 is 15.2 Å². The predicted molar refractivity (Wildman–Crippen MR) is 62.5 cm³/mol. The number of ketones is 1. The van der Waals surface area contributed by atoms with Gasteiger partial charge in [-0.15, -0.1) is 0 Å². The molecule has 4 nitrogen and oxygen atoms in total. The van der Waals surface area contributed by atoms with Gasteiger partial charge in [0.05, 0.1) is 5.54 Å². The Morgan fingerprint density at radius 3 is 2.53 bits per heavy atom. The van der Waals surface area contributed by atoms with Crippen molar-refractivity contribution in [1.29, 1.82) is 0 Å². The number of nitrogens with two attached hydrogens (primary N) is 1. The van der Waals surface area contributed by atoms with E-state index in [0.29, 0.717) is 30.3 Å². The van der Waals surface area contributed by atoms with Crippen LogP contribution in [-0.4, -0.2) is 24.5 Å². The molecule has 0 bridgehead atoms. The highest BCUT2D eigenvalue weighted by atomic mass is 16.6. The first-order chi connectivity index (χ1) is 8.19. The maximum absolute atomic E-state index is 12.2. The summed E-state index contributed by atoms with van der Waals surface area (Å²) < 4.78 is 10.9. The van der Waals surface area contributed by atoms with E-state index >= 15 is 0 Å². The van der Waals surface area contributed by atoms with E-state index in [4.69, 9.17) is 15.2 Å². The molecule has 1 aliphatic carbocycles. The summed E-state index contributed by atoms with van der Waals surface area (Å²) in [7, 11) is 0. The van der Waals surface area contributed by atoms with Crippen molar-refractivity contribution in [1.82, 2.24) is 0 Å². The Balaban J connectivity index is 1.90. The van der Waals surface area contributed by atoms with E-state index in [0.717, 1.165) is 19.3 Å². The molecule has 1 saturated carbocycles. The summed E-state index contributed by atoms with van der Waals surface area (Å²) in [5.74, 6) is 1.36. The fourth-order valence-corrected chi connectivity index (χ4v) is 2.26. The SMILES string of the molecule is NC1(C(=O)c2ccc3c(c2)OCCO3)CCC1. The van der Waals surface area contributed by atoms with Crippen LogP contribution in [-0.2, 0) is 0 Å². The van der Waals surface area contributed by atoms with Crippen LogP contribution in [0.3, 0.4) is 0 Å². The molecule has 2 N–H and O–H groups in total. The highest BCUT2D eigenvalue weighted by Gasteiger charge is 2.40. The smallest absolute Gasteiger partial charge is 0.182 e. The molecule has 1 aliphatic heterocycles. The second kappa shape index (κ2) is 3.74. The summed E-state index contributed by atoms with van der Waals surface area (Å²) >= 11 is 0. The van der Waals surface area contributed by atoms with E-state index in [2.05, 4.69) is 0 Å².